The van der Waals surface area contributed by atoms with Crippen LogP contribution in [0.2, 0.25) is 0 Å². The van der Waals surface area contributed by atoms with Crippen LogP contribution < -0.4 is 0 Å². The van der Waals surface area contributed by atoms with E-state index in [4.69, 9.17) is 0 Å². The molecule has 0 fully saturated rings. The van der Waals surface area contributed by atoms with Crippen molar-refractivity contribution in [3.8, 4) is 0 Å². The van der Waals surface area contributed by atoms with Gasteiger partial charge in [0.05, 0.1) is 11.9 Å². The summed E-state index contributed by atoms with van der Waals surface area (Å²) in [7, 11) is 0. The van der Waals surface area contributed by atoms with Gasteiger partial charge >= 0.3 is 0 Å². The second-order valence-corrected chi connectivity index (χ2v) is 4.27. The third-order valence-electron chi connectivity index (χ3n) is 2.74. The Kier molecular flexibility index (Phi) is 12.4. The monoisotopic (exact) mass is 250 g/mol. The summed E-state index contributed by atoms with van der Waals surface area (Å²) in [6.07, 6.45) is 14.6. The van der Waals surface area contributed by atoms with Gasteiger partial charge in [-0.1, -0.05) is 51.9 Å². The van der Waals surface area contributed by atoms with Crippen molar-refractivity contribution in [1.82, 2.24) is 0 Å². The lowest BCUT2D eigenvalue weighted by molar-refractivity contribution is 0.561. The first kappa shape index (κ1) is 16.5. The summed E-state index contributed by atoms with van der Waals surface area (Å²) in [5.74, 6) is 0. The Morgan fingerprint density at radius 1 is 0.944 bits per heavy atom. The molecule has 0 unspecified atom stereocenters. The van der Waals surface area contributed by atoms with Crippen molar-refractivity contribution >= 4 is 12.2 Å². The van der Waals surface area contributed by atoms with E-state index in [0.717, 1.165) is 12.8 Å². The molecule has 0 saturated heterocycles. The molecular weight excluding hydrogens is 228 g/mol. The molecule has 0 amide bonds. The third-order valence-corrected chi connectivity index (χ3v) is 2.74. The molecule has 18 heavy (non-hydrogen) atoms. The Labute approximate surface area is 109 Å². The molecule has 0 atom stereocenters. The molecule has 0 rings (SSSR count). The van der Waals surface area contributed by atoms with Gasteiger partial charge in [0.2, 0.25) is 12.2 Å². The molecule has 100 valence electrons. The number of isocyanates is 2. The summed E-state index contributed by atoms with van der Waals surface area (Å²) in [5.41, 5.74) is 0.499. The molecule has 4 heteroatoms. The van der Waals surface area contributed by atoms with Crippen molar-refractivity contribution in [3.05, 3.63) is 11.9 Å². The van der Waals surface area contributed by atoms with Crippen molar-refractivity contribution in [1.29, 1.82) is 0 Å². The number of hydrogen-bond donors (Lipinski definition) is 0. The number of allylic oxidation sites excluding steroid dienone is 1. The second-order valence-electron chi connectivity index (χ2n) is 4.27. The summed E-state index contributed by atoms with van der Waals surface area (Å²) in [4.78, 5) is 26.9. The van der Waals surface area contributed by atoms with Crippen molar-refractivity contribution in [2.24, 2.45) is 9.98 Å². The SMILES string of the molecule is CCCCCCCCCCC(=CN=C=O)N=C=O. The van der Waals surface area contributed by atoms with E-state index in [2.05, 4.69) is 16.9 Å². The molecule has 0 heterocycles. The molecule has 0 aliphatic rings. The fourth-order valence-electron chi connectivity index (χ4n) is 1.75. The molecule has 0 spiro atoms. The lowest BCUT2D eigenvalue weighted by Gasteiger charge is -2.01. The van der Waals surface area contributed by atoms with Gasteiger partial charge < -0.3 is 0 Å². The first-order chi connectivity index (χ1) is 8.85. The lowest BCUT2D eigenvalue weighted by Crippen LogP contribution is -1.83. The Bertz CT molecular complexity index is 325. The Morgan fingerprint density at radius 2 is 1.56 bits per heavy atom. The van der Waals surface area contributed by atoms with E-state index in [1.807, 2.05) is 0 Å². The van der Waals surface area contributed by atoms with Gasteiger partial charge in [-0.05, 0) is 12.8 Å². The molecule has 0 aromatic rings. The lowest BCUT2D eigenvalue weighted by atomic mass is 10.1. The number of hydrogen-bond acceptors (Lipinski definition) is 4. The quantitative estimate of drug-likeness (QED) is 0.316. The van der Waals surface area contributed by atoms with Gasteiger partial charge in [-0.3, -0.25) is 0 Å². The zero-order chi connectivity index (χ0) is 13.5. The van der Waals surface area contributed by atoms with Crippen LogP contribution in [0.15, 0.2) is 21.9 Å². The third kappa shape index (κ3) is 11.0. The largest absolute Gasteiger partial charge is 0.240 e. The molecule has 0 aromatic carbocycles. The van der Waals surface area contributed by atoms with Gasteiger partial charge in [0.25, 0.3) is 0 Å². The molecular formula is C14H22N2O2. The van der Waals surface area contributed by atoms with Crippen LogP contribution in [0.5, 0.6) is 0 Å². The van der Waals surface area contributed by atoms with Crippen LogP contribution in [-0.4, -0.2) is 12.2 Å². The maximum absolute atomic E-state index is 10.1. The van der Waals surface area contributed by atoms with E-state index >= 15 is 0 Å². The van der Waals surface area contributed by atoms with Gasteiger partial charge in [-0.2, -0.15) is 9.98 Å². The van der Waals surface area contributed by atoms with Crippen molar-refractivity contribution in [2.75, 3.05) is 0 Å². The van der Waals surface area contributed by atoms with Crippen LogP contribution in [0.3, 0.4) is 0 Å². The van der Waals surface area contributed by atoms with Crippen LogP contribution in [0.25, 0.3) is 0 Å². The molecule has 0 bridgehead atoms. The highest BCUT2D eigenvalue weighted by atomic mass is 16.1. The number of carbonyl (C=O) groups excluding carboxylic acids is 2. The highest BCUT2D eigenvalue weighted by Gasteiger charge is 1.96. The zero-order valence-corrected chi connectivity index (χ0v) is 11.2. The van der Waals surface area contributed by atoms with E-state index in [0.29, 0.717) is 12.1 Å². The molecule has 0 saturated carbocycles. The summed E-state index contributed by atoms with van der Waals surface area (Å²) >= 11 is 0. The number of nitrogens with zero attached hydrogens (tertiary/aromatic N) is 2. The van der Waals surface area contributed by atoms with Gasteiger partial charge in [0, 0.05) is 0 Å². The average molecular weight is 250 g/mol. The highest BCUT2D eigenvalue weighted by molar-refractivity contribution is 5.38. The minimum Gasteiger partial charge on any atom is -0.211 e. The molecule has 0 aliphatic carbocycles. The normalized spacial score (nSPS) is 10.6. The number of rotatable bonds is 11. The second kappa shape index (κ2) is 13.6. The molecule has 0 N–H and O–H groups in total. The standard InChI is InChI=1S/C14H22N2O2/c1-2-3-4-5-6-7-8-9-10-14(16-13-18)11-15-12-17/h11H,2-10H2,1H3. The van der Waals surface area contributed by atoms with E-state index in [9.17, 15) is 9.59 Å². The Balaban J connectivity index is 3.61. The topological polar surface area (TPSA) is 58.9 Å². The van der Waals surface area contributed by atoms with Crippen LogP contribution in [-0.2, 0) is 9.59 Å². The predicted molar refractivity (Wildman–Crippen MR) is 71.6 cm³/mol. The fraction of sp³-hybridized carbons (Fsp3) is 0.714. The van der Waals surface area contributed by atoms with Crippen LogP contribution in [0.4, 0.5) is 0 Å². The smallest absolute Gasteiger partial charge is 0.211 e. The summed E-state index contributed by atoms with van der Waals surface area (Å²) in [5, 5.41) is 0. The fourth-order valence-corrected chi connectivity index (χ4v) is 1.75. The van der Waals surface area contributed by atoms with E-state index in [1.165, 1.54) is 56.9 Å². The molecule has 4 nitrogen and oxygen atoms in total. The van der Waals surface area contributed by atoms with Gasteiger partial charge in [-0.15, -0.1) is 0 Å². The molecule has 0 aromatic heterocycles. The summed E-state index contributed by atoms with van der Waals surface area (Å²) < 4.78 is 0. The maximum atomic E-state index is 10.1. The van der Waals surface area contributed by atoms with Crippen LogP contribution in [0, 0.1) is 0 Å². The zero-order valence-electron chi connectivity index (χ0n) is 11.2. The minimum atomic E-state index is 0.499. The van der Waals surface area contributed by atoms with Crippen LogP contribution in [0.1, 0.15) is 64.7 Å². The molecule has 0 aliphatic heterocycles. The van der Waals surface area contributed by atoms with Crippen molar-refractivity contribution < 1.29 is 9.59 Å². The number of unbranched alkanes of at least 4 members (excludes halogenated alkanes) is 7. The first-order valence-electron chi connectivity index (χ1n) is 6.69. The van der Waals surface area contributed by atoms with Crippen molar-refractivity contribution in [3.63, 3.8) is 0 Å². The van der Waals surface area contributed by atoms with E-state index in [-0.39, 0.29) is 0 Å². The van der Waals surface area contributed by atoms with E-state index < -0.39 is 0 Å². The minimum absolute atomic E-state index is 0.499. The highest BCUT2D eigenvalue weighted by Crippen LogP contribution is 2.13. The van der Waals surface area contributed by atoms with Gasteiger partial charge in [0.15, 0.2) is 0 Å². The summed E-state index contributed by atoms with van der Waals surface area (Å²) in [6, 6.07) is 0. The number of aliphatic imine (C=N–C) groups is 2. The average Bonchev–Trinajstić information content (AvgIpc) is 2.39. The Morgan fingerprint density at radius 3 is 2.11 bits per heavy atom. The van der Waals surface area contributed by atoms with Gasteiger partial charge in [-0.25, -0.2) is 9.59 Å². The Hall–Kier alpha value is -1.50. The maximum Gasteiger partial charge on any atom is 0.240 e. The van der Waals surface area contributed by atoms with Gasteiger partial charge in [0.1, 0.15) is 0 Å². The van der Waals surface area contributed by atoms with Crippen LogP contribution >= 0.6 is 0 Å². The summed E-state index contributed by atoms with van der Waals surface area (Å²) in [6.45, 7) is 2.21. The molecule has 0 radical (unpaired) electrons. The van der Waals surface area contributed by atoms with Crippen molar-refractivity contribution in [2.45, 2.75) is 64.7 Å². The first-order valence-corrected chi connectivity index (χ1v) is 6.69. The van der Waals surface area contributed by atoms with E-state index in [1.54, 1.807) is 0 Å². The predicted octanol–water partition coefficient (Wildman–Crippen LogP) is 4.03.